The van der Waals surface area contributed by atoms with Gasteiger partial charge in [0.2, 0.25) is 11.9 Å². The number of benzene rings is 1. The van der Waals surface area contributed by atoms with Gasteiger partial charge in [-0.05, 0) is 57.4 Å². The number of carbonyl (C=O) groups is 1. The van der Waals surface area contributed by atoms with E-state index in [0.29, 0.717) is 31.4 Å². The van der Waals surface area contributed by atoms with Crippen molar-refractivity contribution in [2.24, 2.45) is 0 Å². The van der Waals surface area contributed by atoms with E-state index >= 15 is 0 Å². The summed E-state index contributed by atoms with van der Waals surface area (Å²) >= 11 is 0. The molecule has 0 atom stereocenters. The van der Waals surface area contributed by atoms with Gasteiger partial charge in [-0.2, -0.15) is 18.2 Å². The number of rotatable bonds is 7. The third kappa shape index (κ3) is 7.04. The first kappa shape index (κ1) is 25.7. The highest BCUT2D eigenvalue weighted by atomic mass is 19.4. The van der Waals surface area contributed by atoms with Crippen molar-refractivity contribution < 1.29 is 28.2 Å². The molecular formula is C23H30F3N5O3. The Morgan fingerprint density at radius 1 is 1.12 bits per heavy atom. The smallest absolute Gasteiger partial charge is 0.390 e. The van der Waals surface area contributed by atoms with Gasteiger partial charge >= 0.3 is 6.18 Å². The Bertz CT molecular complexity index is 1050. The maximum absolute atomic E-state index is 13.4. The lowest BCUT2D eigenvalue weighted by atomic mass is 9.97. The summed E-state index contributed by atoms with van der Waals surface area (Å²) in [6.07, 6.45) is -3.31. The number of nitrogens with zero attached hydrogens (tertiary/aromatic N) is 3. The van der Waals surface area contributed by atoms with Gasteiger partial charge in [-0.25, -0.2) is 4.98 Å². The number of amides is 1. The van der Waals surface area contributed by atoms with Crippen molar-refractivity contribution in [3.8, 4) is 0 Å². The summed E-state index contributed by atoms with van der Waals surface area (Å²) in [6.45, 7) is 6.93. The Morgan fingerprint density at radius 2 is 1.82 bits per heavy atom. The van der Waals surface area contributed by atoms with Gasteiger partial charge in [0, 0.05) is 31.5 Å². The van der Waals surface area contributed by atoms with Crippen molar-refractivity contribution in [2.45, 2.75) is 64.5 Å². The van der Waals surface area contributed by atoms with Crippen molar-refractivity contribution in [1.82, 2.24) is 14.9 Å². The molecule has 0 spiro atoms. The Balaban J connectivity index is 1.76. The molecular weight excluding hydrogens is 451 g/mol. The zero-order valence-electron chi connectivity index (χ0n) is 19.6. The van der Waals surface area contributed by atoms with Crippen molar-refractivity contribution in [3.63, 3.8) is 0 Å². The molecule has 1 aromatic heterocycles. The van der Waals surface area contributed by atoms with E-state index in [-0.39, 0.29) is 24.8 Å². The number of alkyl halides is 3. The molecule has 2 aromatic rings. The molecule has 1 aliphatic rings. The standard InChI is InChI=1S/C23H30F3N5O3/c1-21(2,33)10-18(32)31-8-7-14-9-16(6-5-15(14)12-31)29-20-27-11-17(23(24,25)26)19(30-20)28-13-22(3,4)34/h5-6,9,11,33-34H,7-8,10,12-13H2,1-4H3,(H2,27,28,29,30). The van der Waals surface area contributed by atoms with Crippen LogP contribution in [0.1, 0.15) is 50.8 Å². The number of hydrogen-bond acceptors (Lipinski definition) is 7. The molecule has 186 valence electrons. The van der Waals surface area contributed by atoms with Crippen LogP contribution in [0.15, 0.2) is 24.4 Å². The summed E-state index contributed by atoms with van der Waals surface area (Å²) in [4.78, 5) is 21.9. The maximum atomic E-state index is 13.4. The molecule has 2 heterocycles. The zero-order valence-corrected chi connectivity index (χ0v) is 19.6. The largest absolute Gasteiger partial charge is 0.421 e. The van der Waals surface area contributed by atoms with Crippen LogP contribution in [0.5, 0.6) is 0 Å². The fourth-order valence-electron chi connectivity index (χ4n) is 3.54. The van der Waals surface area contributed by atoms with Crippen LogP contribution in [0, 0.1) is 0 Å². The van der Waals surface area contributed by atoms with Crippen LogP contribution in [0.4, 0.5) is 30.6 Å². The van der Waals surface area contributed by atoms with Crippen molar-refractivity contribution in [1.29, 1.82) is 0 Å². The minimum Gasteiger partial charge on any atom is -0.390 e. The van der Waals surface area contributed by atoms with Crippen LogP contribution in [0.25, 0.3) is 0 Å². The first-order valence-corrected chi connectivity index (χ1v) is 10.9. The predicted octanol–water partition coefficient (Wildman–Crippen LogP) is 3.47. The molecule has 0 unspecified atom stereocenters. The molecule has 1 amide bonds. The molecule has 34 heavy (non-hydrogen) atoms. The first-order valence-electron chi connectivity index (χ1n) is 10.9. The summed E-state index contributed by atoms with van der Waals surface area (Å²) in [7, 11) is 0. The summed E-state index contributed by atoms with van der Waals surface area (Å²) in [6, 6.07) is 5.45. The summed E-state index contributed by atoms with van der Waals surface area (Å²) in [5.74, 6) is -0.570. The van der Waals surface area contributed by atoms with Crippen molar-refractivity contribution >= 4 is 23.4 Å². The van der Waals surface area contributed by atoms with Gasteiger partial charge in [-0.15, -0.1) is 0 Å². The van der Waals surface area contributed by atoms with Gasteiger partial charge in [-0.3, -0.25) is 4.79 Å². The second-order valence-electron chi connectivity index (χ2n) is 9.78. The number of hydrogen-bond donors (Lipinski definition) is 4. The summed E-state index contributed by atoms with van der Waals surface area (Å²) in [5.41, 5.74) is -0.770. The minimum absolute atomic E-state index is 0.0241. The molecule has 0 saturated heterocycles. The second-order valence-corrected chi connectivity index (χ2v) is 9.78. The molecule has 0 saturated carbocycles. The van der Waals surface area contributed by atoms with Crippen LogP contribution >= 0.6 is 0 Å². The normalized spacial score (nSPS) is 14.6. The van der Waals surface area contributed by atoms with E-state index in [0.717, 1.165) is 11.1 Å². The summed E-state index contributed by atoms with van der Waals surface area (Å²) in [5, 5.41) is 25.2. The average molecular weight is 482 g/mol. The summed E-state index contributed by atoms with van der Waals surface area (Å²) < 4.78 is 40.1. The molecule has 1 aromatic carbocycles. The predicted molar refractivity (Wildman–Crippen MR) is 122 cm³/mol. The van der Waals surface area contributed by atoms with E-state index in [9.17, 15) is 28.2 Å². The quantitative estimate of drug-likeness (QED) is 0.479. The first-order chi connectivity index (χ1) is 15.6. The van der Waals surface area contributed by atoms with E-state index in [2.05, 4.69) is 20.6 Å². The Labute approximate surface area is 196 Å². The van der Waals surface area contributed by atoms with Gasteiger partial charge in [-0.1, -0.05) is 6.07 Å². The topological polar surface area (TPSA) is 111 Å². The number of aliphatic hydroxyl groups is 2. The number of carbonyl (C=O) groups excluding carboxylic acids is 1. The van der Waals surface area contributed by atoms with Gasteiger partial charge in [0.1, 0.15) is 11.4 Å². The van der Waals surface area contributed by atoms with E-state index in [1.54, 1.807) is 24.8 Å². The van der Waals surface area contributed by atoms with E-state index in [1.807, 2.05) is 12.1 Å². The number of halogens is 3. The highest BCUT2D eigenvalue weighted by Crippen LogP contribution is 2.34. The van der Waals surface area contributed by atoms with Gasteiger partial charge in [0.25, 0.3) is 0 Å². The van der Waals surface area contributed by atoms with Crippen LogP contribution in [0.3, 0.4) is 0 Å². The van der Waals surface area contributed by atoms with Crippen LogP contribution in [-0.2, 0) is 23.9 Å². The Hall–Kier alpha value is -2.92. The van der Waals surface area contributed by atoms with Crippen LogP contribution in [0.2, 0.25) is 0 Å². The second kappa shape index (κ2) is 9.38. The molecule has 3 rings (SSSR count). The number of fused-ring (bicyclic) bond motifs is 1. The fourth-order valence-corrected chi connectivity index (χ4v) is 3.54. The van der Waals surface area contributed by atoms with E-state index < -0.39 is 28.8 Å². The molecule has 11 heteroatoms. The van der Waals surface area contributed by atoms with Crippen LogP contribution < -0.4 is 10.6 Å². The molecule has 0 aliphatic carbocycles. The Kier molecular flexibility index (Phi) is 7.09. The third-order valence-corrected chi connectivity index (χ3v) is 5.19. The molecule has 0 bridgehead atoms. The Morgan fingerprint density at radius 3 is 2.44 bits per heavy atom. The van der Waals surface area contributed by atoms with Gasteiger partial charge < -0.3 is 25.7 Å². The highest BCUT2D eigenvalue weighted by Gasteiger charge is 2.35. The maximum Gasteiger partial charge on any atom is 0.421 e. The number of anilines is 3. The average Bonchev–Trinajstić information content (AvgIpc) is 2.69. The van der Waals surface area contributed by atoms with E-state index in [1.165, 1.54) is 13.8 Å². The van der Waals surface area contributed by atoms with Crippen molar-refractivity contribution in [3.05, 3.63) is 41.1 Å². The molecule has 0 radical (unpaired) electrons. The zero-order chi connectivity index (χ0) is 25.3. The lowest BCUT2D eigenvalue weighted by molar-refractivity contribution is -0.137. The monoisotopic (exact) mass is 481 g/mol. The van der Waals surface area contributed by atoms with Gasteiger partial charge in [0.05, 0.1) is 17.6 Å². The molecule has 4 N–H and O–H groups in total. The highest BCUT2D eigenvalue weighted by molar-refractivity contribution is 5.77. The number of nitrogens with one attached hydrogen (secondary N) is 2. The molecule has 1 aliphatic heterocycles. The lowest BCUT2D eigenvalue weighted by Crippen LogP contribution is -2.39. The number of aromatic nitrogens is 2. The van der Waals surface area contributed by atoms with E-state index in [4.69, 9.17) is 0 Å². The third-order valence-electron chi connectivity index (χ3n) is 5.19. The van der Waals surface area contributed by atoms with Gasteiger partial charge in [0.15, 0.2) is 0 Å². The molecule has 0 fully saturated rings. The minimum atomic E-state index is -4.65. The lowest BCUT2D eigenvalue weighted by Gasteiger charge is -2.31. The SMILES string of the molecule is CC(C)(O)CNc1nc(Nc2ccc3c(c2)CCN(C(=O)CC(C)(C)O)C3)ncc1C(F)(F)F. The van der Waals surface area contributed by atoms with Crippen LogP contribution in [-0.4, -0.2) is 55.3 Å². The fraction of sp³-hybridized carbons (Fsp3) is 0.522. The molecule has 8 nitrogen and oxygen atoms in total. The van der Waals surface area contributed by atoms with Crippen molar-refractivity contribution in [2.75, 3.05) is 23.7 Å².